The van der Waals surface area contributed by atoms with Gasteiger partial charge in [0, 0.05) is 33.6 Å². The highest BCUT2D eigenvalue weighted by atomic mass is 32.1. The van der Waals surface area contributed by atoms with Crippen LogP contribution < -0.4 is 17.3 Å². The van der Waals surface area contributed by atoms with Gasteiger partial charge >= 0.3 is 12.4 Å². The first-order valence-electron chi connectivity index (χ1n) is 10.3. The van der Waals surface area contributed by atoms with Gasteiger partial charge in [-0.15, -0.1) is 11.3 Å². The number of nitrogens with two attached hydrogens (primary N) is 3. The molecule has 1 unspecified atom stereocenters. The van der Waals surface area contributed by atoms with E-state index < -0.39 is 41.7 Å². The first-order valence-corrected chi connectivity index (χ1v) is 11.1. The quantitative estimate of drug-likeness (QED) is 0.204. The van der Waals surface area contributed by atoms with Crippen molar-refractivity contribution in [1.82, 2.24) is 9.99 Å². The molecule has 194 valence electrons. The van der Waals surface area contributed by atoms with Gasteiger partial charge in [0.25, 0.3) is 5.91 Å². The lowest BCUT2D eigenvalue weighted by atomic mass is 9.96. The number of nitrogens with zero attached hydrogens (tertiary/aromatic N) is 2. The fourth-order valence-corrected chi connectivity index (χ4v) is 4.66. The number of benzene rings is 1. The molecule has 3 aromatic rings. The van der Waals surface area contributed by atoms with Crippen LogP contribution in [0, 0.1) is 0 Å². The number of primary amides is 1. The predicted molar refractivity (Wildman–Crippen MR) is 122 cm³/mol. The summed E-state index contributed by atoms with van der Waals surface area (Å²) in [5, 5.41) is 11.3. The lowest BCUT2D eigenvalue weighted by Gasteiger charge is -2.30. The first kappa shape index (κ1) is 27.2. The van der Waals surface area contributed by atoms with E-state index in [1.165, 1.54) is 6.07 Å². The zero-order valence-corrected chi connectivity index (χ0v) is 19.4. The Bertz CT molecular complexity index is 1300. The van der Waals surface area contributed by atoms with E-state index >= 15 is 0 Å². The number of thiophene rings is 1. The highest BCUT2D eigenvalue weighted by Crippen LogP contribution is 2.40. The van der Waals surface area contributed by atoms with Gasteiger partial charge in [-0.2, -0.15) is 26.3 Å². The Hall–Kier alpha value is -3.36. The van der Waals surface area contributed by atoms with Gasteiger partial charge < -0.3 is 21.6 Å². The van der Waals surface area contributed by atoms with Crippen molar-refractivity contribution < 1.29 is 36.2 Å². The molecular weight excluding hydrogens is 512 g/mol. The molecule has 1 amide bonds. The molecule has 0 fully saturated rings. The summed E-state index contributed by atoms with van der Waals surface area (Å²) in [6.07, 6.45) is -8.58. The number of aliphatic hydroxyl groups is 1. The van der Waals surface area contributed by atoms with Crippen molar-refractivity contribution >= 4 is 27.3 Å². The number of hydrogen-bond donors (Lipinski definition) is 4. The van der Waals surface area contributed by atoms with E-state index in [0.717, 1.165) is 41.7 Å². The normalized spacial score (nSPS) is 14.6. The molecule has 0 aliphatic rings. The number of rotatable bonds is 7. The number of hydrazine groups is 1. The van der Waals surface area contributed by atoms with Crippen LogP contribution in [0.2, 0.25) is 0 Å². The number of aromatic nitrogens is 1. The van der Waals surface area contributed by atoms with Crippen LogP contribution in [0.25, 0.3) is 21.2 Å². The molecule has 2 aromatic heterocycles. The predicted octanol–water partition coefficient (Wildman–Crippen LogP) is 4.26. The SMILES string of the molecule is CCC(O)(/C(N)=C/N(N)Cc1ccc2c(-c3ccc(C(F)(F)F)nc3)c(C(N)=O)sc2c1)C(F)(F)F. The summed E-state index contributed by atoms with van der Waals surface area (Å²) in [5.41, 5.74) is 6.82. The minimum Gasteiger partial charge on any atom is -0.398 e. The number of carbonyl (C=O) groups excluding carboxylic acids is 1. The van der Waals surface area contributed by atoms with E-state index in [9.17, 15) is 36.2 Å². The van der Waals surface area contributed by atoms with Crippen LogP contribution in [0.15, 0.2) is 48.4 Å². The maximum Gasteiger partial charge on any atom is 0.433 e. The van der Waals surface area contributed by atoms with Gasteiger partial charge in [0.1, 0.15) is 10.6 Å². The fourth-order valence-electron chi connectivity index (χ4n) is 3.52. The van der Waals surface area contributed by atoms with Crippen molar-refractivity contribution in [2.45, 2.75) is 37.8 Å². The van der Waals surface area contributed by atoms with Gasteiger partial charge in [0.2, 0.25) is 5.60 Å². The Labute approximate surface area is 204 Å². The Morgan fingerprint density at radius 1 is 1.14 bits per heavy atom. The molecule has 1 atom stereocenters. The zero-order chi connectivity index (χ0) is 27.1. The summed E-state index contributed by atoms with van der Waals surface area (Å²) in [6.45, 7) is 1.01. The van der Waals surface area contributed by atoms with Crippen LogP contribution in [0.5, 0.6) is 0 Å². The number of fused-ring (bicyclic) bond motifs is 1. The number of pyridine rings is 1. The molecule has 0 bridgehead atoms. The first-order chi connectivity index (χ1) is 16.6. The second-order valence-corrected chi connectivity index (χ2v) is 8.95. The second kappa shape index (κ2) is 9.59. The standard InChI is InChI=1S/C22H21F6N5O2S/c1-2-20(35,22(26,27)28)15(29)10-33(31)9-11-3-5-13-14(7-11)36-18(19(30)34)17(13)12-4-6-16(32-8-12)21(23,24)25/h3-8,10,35H,2,9,29,31H2,1H3,(H2,30,34)/b15-10-. The summed E-state index contributed by atoms with van der Waals surface area (Å²) in [6, 6.07) is 6.73. The molecule has 2 heterocycles. The topological polar surface area (TPSA) is 131 Å². The van der Waals surface area contributed by atoms with E-state index in [4.69, 9.17) is 17.3 Å². The van der Waals surface area contributed by atoms with E-state index in [1.807, 2.05) is 0 Å². The molecule has 0 radical (unpaired) electrons. The highest BCUT2D eigenvalue weighted by Gasteiger charge is 2.54. The highest BCUT2D eigenvalue weighted by molar-refractivity contribution is 7.21. The molecular formula is C22H21F6N5O2S. The van der Waals surface area contributed by atoms with Crippen LogP contribution >= 0.6 is 11.3 Å². The third-order valence-electron chi connectivity index (χ3n) is 5.45. The number of amides is 1. The monoisotopic (exact) mass is 533 g/mol. The minimum absolute atomic E-state index is 0.0932. The van der Waals surface area contributed by atoms with E-state index in [0.29, 0.717) is 21.2 Å². The molecule has 0 saturated heterocycles. The van der Waals surface area contributed by atoms with Crippen LogP contribution in [-0.4, -0.2) is 32.8 Å². The molecule has 0 spiro atoms. The van der Waals surface area contributed by atoms with Crippen LogP contribution in [0.4, 0.5) is 26.3 Å². The fraction of sp³-hybridized carbons (Fsp3) is 0.273. The Morgan fingerprint density at radius 3 is 2.31 bits per heavy atom. The van der Waals surface area contributed by atoms with Crippen molar-refractivity contribution in [3.63, 3.8) is 0 Å². The van der Waals surface area contributed by atoms with Gasteiger partial charge in [0.05, 0.1) is 12.2 Å². The smallest absolute Gasteiger partial charge is 0.398 e. The minimum atomic E-state index is -5.01. The van der Waals surface area contributed by atoms with E-state index in [-0.39, 0.29) is 17.0 Å². The third-order valence-corrected chi connectivity index (χ3v) is 6.62. The van der Waals surface area contributed by atoms with Crippen molar-refractivity contribution in [3.05, 3.63) is 64.6 Å². The van der Waals surface area contributed by atoms with Crippen LogP contribution in [0.3, 0.4) is 0 Å². The average molecular weight is 533 g/mol. The Kier molecular flexibility index (Phi) is 7.26. The molecule has 7 nitrogen and oxygen atoms in total. The van der Waals surface area contributed by atoms with Crippen molar-refractivity contribution in [2.75, 3.05) is 0 Å². The van der Waals surface area contributed by atoms with Crippen molar-refractivity contribution in [3.8, 4) is 11.1 Å². The molecule has 7 N–H and O–H groups in total. The number of alkyl halides is 6. The molecule has 0 aliphatic heterocycles. The molecule has 0 aliphatic carbocycles. The lowest BCUT2D eigenvalue weighted by Crippen LogP contribution is -2.49. The van der Waals surface area contributed by atoms with Gasteiger partial charge in [-0.05, 0) is 24.1 Å². The summed E-state index contributed by atoms with van der Waals surface area (Å²) in [7, 11) is 0. The van der Waals surface area contributed by atoms with Crippen LogP contribution in [0.1, 0.15) is 34.3 Å². The second-order valence-electron chi connectivity index (χ2n) is 7.90. The third kappa shape index (κ3) is 5.24. The summed E-state index contributed by atoms with van der Waals surface area (Å²) < 4.78 is 78.7. The molecule has 3 rings (SSSR count). The summed E-state index contributed by atoms with van der Waals surface area (Å²) >= 11 is 0.990. The van der Waals surface area contributed by atoms with Gasteiger partial charge in [-0.1, -0.05) is 25.1 Å². The number of carbonyl (C=O) groups is 1. The zero-order valence-electron chi connectivity index (χ0n) is 18.6. The van der Waals surface area contributed by atoms with Crippen molar-refractivity contribution in [2.24, 2.45) is 17.3 Å². The Balaban J connectivity index is 1.96. The van der Waals surface area contributed by atoms with Crippen LogP contribution in [-0.2, 0) is 12.7 Å². The van der Waals surface area contributed by atoms with Crippen molar-refractivity contribution in [1.29, 1.82) is 0 Å². The molecule has 1 aromatic carbocycles. The van der Waals surface area contributed by atoms with E-state index in [2.05, 4.69) is 4.98 Å². The maximum atomic E-state index is 13.2. The van der Waals surface area contributed by atoms with Gasteiger partial charge in [0.15, 0.2) is 0 Å². The number of hydrogen-bond acceptors (Lipinski definition) is 7. The average Bonchev–Trinajstić information content (AvgIpc) is 3.16. The lowest BCUT2D eigenvalue weighted by molar-refractivity contribution is -0.245. The number of halogens is 6. The molecule has 14 heteroatoms. The summed E-state index contributed by atoms with van der Waals surface area (Å²) in [5.74, 6) is 5.00. The molecule has 36 heavy (non-hydrogen) atoms. The largest absolute Gasteiger partial charge is 0.433 e. The van der Waals surface area contributed by atoms with E-state index in [1.54, 1.807) is 18.2 Å². The van der Waals surface area contributed by atoms with Gasteiger partial charge in [-0.3, -0.25) is 9.78 Å². The van der Waals surface area contributed by atoms with Gasteiger partial charge in [-0.25, -0.2) is 5.84 Å². The Morgan fingerprint density at radius 2 is 1.81 bits per heavy atom. The maximum absolute atomic E-state index is 13.2. The summed E-state index contributed by atoms with van der Waals surface area (Å²) in [4.78, 5) is 15.6. The molecule has 0 saturated carbocycles.